The van der Waals surface area contributed by atoms with Crippen LogP contribution in [-0.4, -0.2) is 38.3 Å². The van der Waals surface area contributed by atoms with Gasteiger partial charge < -0.3 is 5.32 Å². The Balaban J connectivity index is 1.85. The van der Waals surface area contributed by atoms with Crippen molar-refractivity contribution in [2.24, 2.45) is 11.3 Å². The SMILES string of the molecule is O=C(NCC1(CCl)CCCC1)C1CCS(=O)(=O)C1. The topological polar surface area (TPSA) is 63.2 Å². The summed E-state index contributed by atoms with van der Waals surface area (Å²) in [6, 6.07) is 0. The lowest BCUT2D eigenvalue weighted by atomic mass is 9.88. The van der Waals surface area contributed by atoms with E-state index in [4.69, 9.17) is 11.6 Å². The zero-order chi connectivity index (χ0) is 13.2. The van der Waals surface area contributed by atoms with Crippen molar-refractivity contribution in [2.75, 3.05) is 23.9 Å². The average molecular weight is 294 g/mol. The molecule has 4 nitrogen and oxygen atoms in total. The van der Waals surface area contributed by atoms with Crippen LogP contribution in [0.2, 0.25) is 0 Å². The van der Waals surface area contributed by atoms with Gasteiger partial charge in [-0.3, -0.25) is 4.79 Å². The van der Waals surface area contributed by atoms with E-state index in [9.17, 15) is 13.2 Å². The predicted molar refractivity (Wildman–Crippen MR) is 71.4 cm³/mol. The number of halogens is 1. The van der Waals surface area contributed by atoms with Crippen molar-refractivity contribution < 1.29 is 13.2 Å². The molecule has 2 fully saturated rings. The molecule has 2 rings (SSSR count). The monoisotopic (exact) mass is 293 g/mol. The summed E-state index contributed by atoms with van der Waals surface area (Å²) in [6.07, 6.45) is 4.91. The van der Waals surface area contributed by atoms with E-state index < -0.39 is 9.84 Å². The molecule has 1 saturated heterocycles. The normalized spacial score (nSPS) is 29.3. The van der Waals surface area contributed by atoms with E-state index >= 15 is 0 Å². The first-order valence-corrected chi connectivity index (χ1v) is 8.86. The average Bonchev–Trinajstić information content (AvgIpc) is 2.93. The summed E-state index contributed by atoms with van der Waals surface area (Å²) in [5.74, 6) is 0.241. The van der Waals surface area contributed by atoms with Crippen molar-refractivity contribution in [3.63, 3.8) is 0 Å². The first-order chi connectivity index (χ1) is 8.46. The molecular weight excluding hydrogens is 274 g/mol. The summed E-state index contributed by atoms with van der Waals surface area (Å²) in [6.45, 7) is 0.589. The summed E-state index contributed by atoms with van der Waals surface area (Å²) in [7, 11) is -2.99. The highest BCUT2D eigenvalue weighted by Crippen LogP contribution is 2.38. The summed E-state index contributed by atoms with van der Waals surface area (Å²) >= 11 is 6.01. The van der Waals surface area contributed by atoms with Crippen molar-refractivity contribution in [1.29, 1.82) is 0 Å². The van der Waals surface area contributed by atoms with Crippen LogP contribution in [0.5, 0.6) is 0 Å². The molecule has 18 heavy (non-hydrogen) atoms. The lowest BCUT2D eigenvalue weighted by molar-refractivity contribution is -0.124. The van der Waals surface area contributed by atoms with E-state index in [1.54, 1.807) is 0 Å². The maximum absolute atomic E-state index is 11.9. The Morgan fingerprint density at radius 3 is 2.50 bits per heavy atom. The van der Waals surface area contributed by atoms with Crippen molar-refractivity contribution >= 4 is 27.3 Å². The predicted octanol–water partition coefficient (Wildman–Crippen LogP) is 1.34. The number of hydrogen-bond donors (Lipinski definition) is 1. The van der Waals surface area contributed by atoms with Gasteiger partial charge in [-0.25, -0.2) is 8.42 Å². The maximum Gasteiger partial charge on any atom is 0.224 e. The first-order valence-electron chi connectivity index (χ1n) is 6.51. The Hall–Kier alpha value is -0.290. The fourth-order valence-electron chi connectivity index (χ4n) is 2.90. The van der Waals surface area contributed by atoms with Crippen molar-refractivity contribution in [2.45, 2.75) is 32.1 Å². The highest BCUT2D eigenvalue weighted by molar-refractivity contribution is 7.91. The molecule has 1 aliphatic carbocycles. The Morgan fingerprint density at radius 1 is 1.33 bits per heavy atom. The second kappa shape index (κ2) is 5.37. The van der Waals surface area contributed by atoms with E-state index in [1.807, 2.05) is 0 Å². The Morgan fingerprint density at radius 2 is 2.00 bits per heavy atom. The van der Waals surface area contributed by atoms with Crippen LogP contribution < -0.4 is 5.32 Å². The van der Waals surface area contributed by atoms with Crippen molar-refractivity contribution in [3.8, 4) is 0 Å². The zero-order valence-corrected chi connectivity index (χ0v) is 12.0. The largest absolute Gasteiger partial charge is 0.355 e. The fraction of sp³-hybridized carbons (Fsp3) is 0.917. The van der Waals surface area contributed by atoms with Crippen LogP contribution in [0.1, 0.15) is 32.1 Å². The molecule has 1 heterocycles. The van der Waals surface area contributed by atoms with Gasteiger partial charge in [-0.15, -0.1) is 11.6 Å². The van der Waals surface area contributed by atoms with Gasteiger partial charge in [0, 0.05) is 17.8 Å². The molecule has 0 aromatic heterocycles. The number of amides is 1. The Bertz CT molecular complexity index is 415. The molecule has 0 radical (unpaired) electrons. The summed E-state index contributed by atoms with van der Waals surface area (Å²) in [5.41, 5.74) is 0.0364. The highest BCUT2D eigenvalue weighted by Gasteiger charge is 2.36. The van der Waals surface area contributed by atoms with Crippen LogP contribution in [-0.2, 0) is 14.6 Å². The van der Waals surface area contributed by atoms with Gasteiger partial charge in [0.25, 0.3) is 0 Å². The van der Waals surface area contributed by atoms with E-state index in [0.29, 0.717) is 18.8 Å². The molecule has 0 spiro atoms. The lowest BCUT2D eigenvalue weighted by Crippen LogP contribution is -2.40. The van der Waals surface area contributed by atoms with Gasteiger partial charge in [-0.2, -0.15) is 0 Å². The number of sulfone groups is 1. The van der Waals surface area contributed by atoms with Gasteiger partial charge in [0.05, 0.1) is 17.4 Å². The molecule has 1 atom stereocenters. The minimum Gasteiger partial charge on any atom is -0.355 e. The zero-order valence-electron chi connectivity index (χ0n) is 10.5. The van der Waals surface area contributed by atoms with Crippen LogP contribution in [0, 0.1) is 11.3 Å². The third-order valence-electron chi connectivity index (χ3n) is 4.19. The van der Waals surface area contributed by atoms with Crippen LogP contribution in [0.25, 0.3) is 0 Å². The van der Waals surface area contributed by atoms with Gasteiger partial charge in [-0.1, -0.05) is 12.8 Å². The second-order valence-electron chi connectivity index (χ2n) is 5.66. The minimum absolute atomic E-state index is 0.00666. The summed E-state index contributed by atoms with van der Waals surface area (Å²) in [5, 5.41) is 2.91. The van der Waals surface area contributed by atoms with Crippen LogP contribution in [0.4, 0.5) is 0 Å². The number of carbonyl (C=O) groups is 1. The maximum atomic E-state index is 11.9. The van der Waals surface area contributed by atoms with E-state index in [1.165, 1.54) is 12.8 Å². The number of hydrogen-bond acceptors (Lipinski definition) is 3. The standard InChI is InChI=1S/C12H20ClNO3S/c13-8-12(4-1-2-5-12)9-14-11(15)10-3-6-18(16,17)7-10/h10H,1-9H2,(H,14,15). The minimum atomic E-state index is -2.99. The number of rotatable bonds is 4. The molecule has 0 aromatic carbocycles. The van der Waals surface area contributed by atoms with Gasteiger partial charge in [0.15, 0.2) is 9.84 Å². The molecule has 1 N–H and O–H groups in total. The van der Waals surface area contributed by atoms with Crippen LogP contribution in [0.3, 0.4) is 0 Å². The molecule has 1 saturated carbocycles. The van der Waals surface area contributed by atoms with Crippen molar-refractivity contribution in [3.05, 3.63) is 0 Å². The van der Waals surface area contributed by atoms with Crippen LogP contribution >= 0.6 is 11.6 Å². The molecule has 6 heteroatoms. The van der Waals surface area contributed by atoms with E-state index in [-0.39, 0.29) is 28.7 Å². The first kappa shape index (κ1) is 14.1. The summed E-state index contributed by atoms with van der Waals surface area (Å²) in [4.78, 5) is 11.9. The molecule has 1 amide bonds. The van der Waals surface area contributed by atoms with E-state index in [0.717, 1.165) is 12.8 Å². The molecule has 1 aliphatic heterocycles. The van der Waals surface area contributed by atoms with Gasteiger partial charge >= 0.3 is 0 Å². The molecule has 104 valence electrons. The highest BCUT2D eigenvalue weighted by atomic mass is 35.5. The Labute approximate surface area is 113 Å². The number of alkyl halides is 1. The summed E-state index contributed by atoms with van der Waals surface area (Å²) < 4.78 is 22.6. The fourth-order valence-corrected chi connectivity index (χ4v) is 5.01. The Kier molecular flexibility index (Phi) is 4.22. The number of nitrogens with one attached hydrogen (secondary N) is 1. The van der Waals surface area contributed by atoms with Gasteiger partial charge in [0.1, 0.15) is 0 Å². The lowest BCUT2D eigenvalue weighted by Gasteiger charge is -2.27. The molecule has 0 bridgehead atoms. The van der Waals surface area contributed by atoms with Crippen LogP contribution in [0.15, 0.2) is 0 Å². The van der Waals surface area contributed by atoms with Gasteiger partial charge in [0.2, 0.25) is 5.91 Å². The third kappa shape index (κ3) is 3.18. The molecule has 2 aliphatic rings. The van der Waals surface area contributed by atoms with Crippen molar-refractivity contribution in [1.82, 2.24) is 5.32 Å². The molecule has 0 aromatic rings. The van der Waals surface area contributed by atoms with Gasteiger partial charge in [-0.05, 0) is 19.3 Å². The van der Waals surface area contributed by atoms with E-state index in [2.05, 4.69) is 5.32 Å². The molecule has 1 unspecified atom stereocenters. The smallest absolute Gasteiger partial charge is 0.224 e. The second-order valence-corrected chi connectivity index (χ2v) is 8.15. The number of carbonyl (C=O) groups excluding carboxylic acids is 1. The molecular formula is C12H20ClNO3S. The quantitative estimate of drug-likeness (QED) is 0.796. The third-order valence-corrected chi connectivity index (χ3v) is 6.52.